The number of H-pyrrole nitrogens is 1. The molecule has 5 rings (SSSR count). The van der Waals surface area contributed by atoms with Crippen LogP contribution in [0, 0.1) is 0 Å². The number of aromatic amines is 1. The highest BCUT2D eigenvalue weighted by molar-refractivity contribution is 7.13. The zero-order chi connectivity index (χ0) is 20.5. The van der Waals surface area contributed by atoms with Gasteiger partial charge in [-0.2, -0.15) is 0 Å². The third-order valence-corrected chi connectivity index (χ3v) is 7.38. The van der Waals surface area contributed by atoms with Crippen molar-refractivity contribution < 1.29 is 0 Å². The number of hydrogen-bond acceptors (Lipinski definition) is 5. The van der Waals surface area contributed by atoms with Crippen LogP contribution in [0.25, 0.3) is 10.6 Å². The van der Waals surface area contributed by atoms with Crippen molar-refractivity contribution in [2.75, 3.05) is 6.54 Å². The summed E-state index contributed by atoms with van der Waals surface area (Å²) in [5.74, 6) is 1.34. The highest BCUT2D eigenvalue weighted by atomic mass is 35.5. The predicted molar refractivity (Wildman–Crippen MR) is 121 cm³/mol. The molecule has 7 heteroatoms. The van der Waals surface area contributed by atoms with Gasteiger partial charge in [-0.05, 0) is 25.0 Å². The van der Waals surface area contributed by atoms with E-state index in [2.05, 4.69) is 15.3 Å². The number of nitrogens with one attached hydrogen (secondary N) is 1. The third-order valence-electron chi connectivity index (χ3n) is 6.19. The monoisotopic (exact) mass is 440 g/mol. The van der Waals surface area contributed by atoms with Crippen molar-refractivity contribution in [1.82, 2.24) is 19.9 Å². The molecule has 3 aromatic rings. The van der Waals surface area contributed by atoms with E-state index in [1.807, 2.05) is 24.3 Å². The first-order valence-electron chi connectivity index (χ1n) is 10.7. The average molecular weight is 441 g/mol. The van der Waals surface area contributed by atoms with Gasteiger partial charge in [-0.25, -0.2) is 9.97 Å². The Balaban J connectivity index is 1.29. The van der Waals surface area contributed by atoms with E-state index in [0.717, 1.165) is 70.7 Å². The molecule has 1 aromatic carbocycles. The molecule has 0 unspecified atom stereocenters. The Kier molecular flexibility index (Phi) is 5.72. The minimum atomic E-state index is 0.0467. The van der Waals surface area contributed by atoms with Crippen LogP contribution in [0.4, 0.5) is 0 Å². The van der Waals surface area contributed by atoms with Gasteiger partial charge in [0.2, 0.25) is 0 Å². The van der Waals surface area contributed by atoms with Crippen LogP contribution >= 0.6 is 22.9 Å². The lowest BCUT2D eigenvalue weighted by Gasteiger charge is -2.28. The van der Waals surface area contributed by atoms with Crippen LogP contribution in [0.5, 0.6) is 0 Å². The number of aromatic nitrogens is 3. The first kappa shape index (κ1) is 19.9. The highest BCUT2D eigenvalue weighted by Gasteiger charge is 2.25. The van der Waals surface area contributed by atoms with Gasteiger partial charge in [0.15, 0.2) is 0 Å². The molecule has 3 heterocycles. The summed E-state index contributed by atoms with van der Waals surface area (Å²) in [5.41, 5.74) is 3.99. The van der Waals surface area contributed by atoms with Crippen LogP contribution < -0.4 is 5.56 Å². The van der Waals surface area contributed by atoms with Crippen LogP contribution in [0.3, 0.4) is 0 Å². The van der Waals surface area contributed by atoms with Crippen LogP contribution in [0.15, 0.2) is 34.4 Å². The molecule has 5 nitrogen and oxygen atoms in total. The van der Waals surface area contributed by atoms with Crippen molar-refractivity contribution in [1.29, 1.82) is 0 Å². The minimum absolute atomic E-state index is 0.0467. The SMILES string of the molecule is O=c1[nH]c(C2CCCCC2)nc2c1CN(Cc1csc(-c3ccc(Cl)cc3)n1)CC2. The summed E-state index contributed by atoms with van der Waals surface area (Å²) in [7, 11) is 0. The van der Waals surface area contributed by atoms with Crippen molar-refractivity contribution in [3.8, 4) is 10.6 Å². The van der Waals surface area contributed by atoms with E-state index in [-0.39, 0.29) is 5.56 Å². The van der Waals surface area contributed by atoms with Gasteiger partial charge in [0.05, 0.1) is 17.0 Å². The van der Waals surface area contributed by atoms with Gasteiger partial charge in [-0.15, -0.1) is 11.3 Å². The topological polar surface area (TPSA) is 61.9 Å². The van der Waals surface area contributed by atoms with Crippen LogP contribution in [0.1, 0.15) is 60.8 Å². The fraction of sp³-hybridized carbons (Fsp3) is 0.435. The Morgan fingerprint density at radius 2 is 1.93 bits per heavy atom. The van der Waals surface area contributed by atoms with E-state index in [0.29, 0.717) is 12.5 Å². The van der Waals surface area contributed by atoms with Crippen LogP contribution in [-0.4, -0.2) is 26.4 Å². The molecule has 1 aliphatic carbocycles. The Bertz CT molecular complexity index is 1090. The minimum Gasteiger partial charge on any atom is -0.310 e. The third kappa shape index (κ3) is 4.22. The number of hydrogen-bond donors (Lipinski definition) is 1. The van der Waals surface area contributed by atoms with Crippen molar-refractivity contribution in [2.45, 2.75) is 57.5 Å². The number of nitrogens with zero attached hydrogens (tertiary/aromatic N) is 3. The fourth-order valence-electron chi connectivity index (χ4n) is 4.54. The lowest BCUT2D eigenvalue weighted by molar-refractivity contribution is 0.238. The molecule has 1 aliphatic heterocycles. The number of fused-ring (bicyclic) bond motifs is 1. The fourth-order valence-corrected chi connectivity index (χ4v) is 5.48. The molecule has 0 radical (unpaired) electrons. The standard InChI is InChI=1S/C23H25ClN4OS/c24-17-8-6-16(7-9-17)23-25-18(14-30-23)12-28-11-10-20-19(13-28)22(29)27-21(26-20)15-4-2-1-3-5-15/h6-9,14-15H,1-5,10-13H2,(H,26,27,29). The molecule has 0 saturated heterocycles. The van der Waals surface area contributed by atoms with Gasteiger partial charge < -0.3 is 4.98 Å². The first-order valence-corrected chi connectivity index (χ1v) is 12.0. The van der Waals surface area contributed by atoms with Crippen molar-refractivity contribution in [2.24, 2.45) is 0 Å². The van der Waals surface area contributed by atoms with E-state index < -0.39 is 0 Å². The van der Waals surface area contributed by atoms with E-state index in [1.165, 1.54) is 19.3 Å². The van der Waals surface area contributed by atoms with Gasteiger partial charge >= 0.3 is 0 Å². The maximum Gasteiger partial charge on any atom is 0.255 e. The lowest BCUT2D eigenvalue weighted by atomic mass is 9.88. The molecule has 1 N–H and O–H groups in total. The Morgan fingerprint density at radius 1 is 1.13 bits per heavy atom. The summed E-state index contributed by atoms with van der Waals surface area (Å²) in [5, 5.41) is 3.83. The number of halogens is 1. The van der Waals surface area contributed by atoms with E-state index in [1.54, 1.807) is 11.3 Å². The molecule has 1 fully saturated rings. The van der Waals surface area contributed by atoms with Gasteiger partial charge in [0, 0.05) is 47.9 Å². The molecule has 2 aromatic heterocycles. The van der Waals surface area contributed by atoms with Gasteiger partial charge in [0.1, 0.15) is 10.8 Å². The van der Waals surface area contributed by atoms with E-state index >= 15 is 0 Å². The summed E-state index contributed by atoms with van der Waals surface area (Å²) in [6, 6.07) is 7.77. The largest absolute Gasteiger partial charge is 0.310 e. The van der Waals surface area contributed by atoms with Crippen LogP contribution in [0.2, 0.25) is 5.02 Å². The average Bonchev–Trinajstić information content (AvgIpc) is 3.23. The van der Waals surface area contributed by atoms with Gasteiger partial charge in [0.25, 0.3) is 5.56 Å². The molecule has 30 heavy (non-hydrogen) atoms. The smallest absolute Gasteiger partial charge is 0.255 e. The van der Waals surface area contributed by atoms with E-state index in [4.69, 9.17) is 21.6 Å². The second-order valence-corrected chi connectivity index (χ2v) is 9.62. The molecule has 0 atom stereocenters. The summed E-state index contributed by atoms with van der Waals surface area (Å²) in [6.45, 7) is 2.28. The van der Waals surface area contributed by atoms with Crippen molar-refractivity contribution in [3.63, 3.8) is 0 Å². The summed E-state index contributed by atoms with van der Waals surface area (Å²) >= 11 is 7.63. The number of benzene rings is 1. The predicted octanol–water partition coefficient (Wildman–Crippen LogP) is 5.15. The second kappa shape index (κ2) is 8.61. The van der Waals surface area contributed by atoms with Gasteiger partial charge in [-0.1, -0.05) is 43.0 Å². The quantitative estimate of drug-likeness (QED) is 0.609. The molecular formula is C23H25ClN4OS. The van der Waals surface area contributed by atoms with Gasteiger partial charge in [-0.3, -0.25) is 9.69 Å². The summed E-state index contributed by atoms with van der Waals surface area (Å²) < 4.78 is 0. The summed E-state index contributed by atoms with van der Waals surface area (Å²) in [4.78, 5) is 27.9. The van der Waals surface area contributed by atoms with E-state index in [9.17, 15) is 4.79 Å². The second-order valence-electron chi connectivity index (χ2n) is 8.32. The van der Waals surface area contributed by atoms with Crippen molar-refractivity contribution in [3.05, 3.63) is 67.8 Å². The maximum absolute atomic E-state index is 12.8. The summed E-state index contributed by atoms with van der Waals surface area (Å²) in [6.07, 6.45) is 6.90. The Labute approximate surface area is 185 Å². The molecule has 1 saturated carbocycles. The Morgan fingerprint density at radius 3 is 2.73 bits per heavy atom. The van der Waals surface area contributed by atoms with Crippen molar-refractivity contribution >= 4 is 22.9 Å². The molecular weight excluding hydrogens is 416 g/mol. The Hall–Kier alpha value is -2.02. The number of rotatable bonds is 4. The first-order chi connectivity index (χ1) is 14.7. The zero-order valence-electron chi connectivity index (χ0n) is 16.9. The molecule has 0 spiro atoms. The lowest BCUT2D eigenvalue weighted by Crippen LogP contribution is -2.36. The maximum atomic E-state index is 12.8. The van der Waals surface area contributed by atoms with Crippen LogP contribution in [-0.2, 0) is 19.5 Å². The zero-order valence-corrected chi connectivity index (χ0v) is 18.4. The molecule has 156 valence electrons. The molecule has 0 bridgehead atoms. The molecule has 2 aliphatic rings. The number of thiazole rings is 1. The molecule has 0 amide bonds. The highest BCUT2D eigenvalue weighted by Crippen LogP contribution is 2.31. The normalized spacial score (nSPS) is 17.8.